The molecule has 0 bridgehead atoms. The average molecular weight is 494 g/mol. The Morgan fingerprint density at radius 3 is 2.44 bits per heavy atom. The van der Waals surface area contributed by atoms with Crippen molar-refractivity contribution in [3.05, 3.63) is 70.0 Å². The number of pyridine rings is 1. The quantitative estimate of drug-likeness (QED) is 0.154. The summed E-state index contributed by atoms with van der Waals surface area (Å²) < 4.78 is 5.34. The van der Waals surface area contributed by atoms with Crippen LogP contribution in [0.4, 0.5) is 17.5 Å². The summed E-state index contributed by atoms with van der Waals surface area (Å²) >= 11 is 0. The fourth-order valence-electron chi connectivity index (χ4n) is 2.89. The van der Waals surface area contributed by atoms with Gasteiger partial charge in [0.05, 0.1) is 28.9 Å². The van der Waals surface area contributed by atoms with E-state index in [9.17, 15) is 14.9 Å². The van der Waals surface area contributed by atoms with Crippen LogP contribution in [-0.2, 0) is 4.74 Å². The van der Waals surface area contributed by atoms with Crippen molar-refractivity contribution < 1.29 is 19.6 Å². The highest BCUT2D eigenvalue weighted by Gasteiger charge is 2.18. The average Bonchev–Trinajstić information content (AvgIpc) is 2.92. The van der Waals surface area contributed by atoms with E-state index < -0.39 is 10.9 Å². The van der Waals surface area contributed by atoms with Crippen LogP contribution in [0, 0.1) is 21.4 Å². The highest BCUT2D eigenvalue weighted by molar-refractivity contribution is 5.96. The number of aromatic nitrogens is 3. The summed E-state index contributed by atoms with van der Waals surface area (Å²) in [5.74, 6) is 0.296. The number of nitriles is 1. The molecule has 188 valence electrons. The first-order valence-electron chi connectivity index (χ1n) is 11.1. The first kappa shape index (κ1) is 27.6. The number of nitrogens with zero attached hydrogens (tertiary/aromatic N) is 5. The molecule has 12 nitrogen and oxygen atoms in total. The van der Waals surface area contributed by atoms with E-state index in [1.54, 1.807) is 24.3 Å². The molecule has 12 heteroatoms. The standard InChI is InChI=1S/C23H23N7O4.CH4O/c1-2-3-12-34-22(31)19-15-28-23(29-21(19)17-6-4-16(13-24)5-7-17)26-11-10-25-20-9-8-18(14-27-20)30(32)33;1-2/h4-9,14-15H,2-3,10-12H2,1H3,(H,25,27)(H,26,28,29);2H,1H3. The lowest BCUT2D eigenvalue weighted by Gasteiger charge is -2.12. The molecule has 3 N–H and O–H groups in total. The van der Waals surface area contributed by atoms with E-state index in [-0.39, 0.29) is 11.3 Å². The number of carbonyl (C=O) groups is 1. The number of benzene rings is 1. The van der Waals surface area contributed by atoms with Gasteiger partial charge in [-0.15, -0.1) is 0 Å². The lowest BCUT2D eigenvalue weighted by atomic mass is 10.1. The van der Waals surface area contributed by atoms with E-state index in [0.717, 1.165) is 20.0 Å². The number of aliphatic hydroxyl groups is 1. The molecule has 0 aliphatic rings. The molecule has 0 amide bonds. The van der Waals surface area contributed by atoms with Gasteiger partial charge in [-0.25, -0.2) is 19.7 Å². The Labute approximate surface area is 208 Å². The SMILES string of the molecule is CCCCOC(=O)c1cnc(NCCNc2ccc([N+](=O)[O-])cn2)nc1-c1ccc(C#N)cc1.CO. The highest BCUT2D eigenvalue weighted by atomic mass is 16.6. The topological polar surface area (TPSA) is 176 Å². The number of aliphatic hydroxyl groups excluding tert-OH is 1. The molecule has 36 heavy (non-hydrogen) atoms. The second-order valence-electron chi connectivity index (χ2n) is 7.15. The first-order chi connectivity index (χ1) is 17.5. The molecule has 0 saturated heterocycles. The van der Waals surface area contributed by atoms with E-state index in [1.807, 2.05) is 6.92 Å². The smallest absolute Gasteiger partial charge is 0.341 e. The number of nitrogens with one attached hydrogen (secondary N) is 2. The Kier molecular flexibility index (Phi) is 11.2. The second-order valence-corrected chi connectivity index (χ2v) is 7.15. The van der Waals surface area contributed by atoms with Crippen molar-refractivity contribution in [2.75, 3.05) is 37.4 Å². The molecule has 0 spiro atoms. The predicted molar refractivity (Wildman–Crippen MR) is 133 cm³/mol. The monoisotopic (exact) mass is 493 g/mol. The van der Waals surface area contributed by atoms with Gasteiger partial charge in [-0.1, -0.05) is 25.5 Å². The molecule has 0 unspecified atom stereocenters. The molecular weight excluding hydrogens is 466 g/mol. The van der Waals surface area contributed by atoms with Gasteiger partial charge in [0.15, 0.2) is 0 Å². The fourth-order valence-corrected chi connectivity index (χ4v) is 2.89. The number of rotatable bonds is 11. The summed E-state index contributed by atoms with van der Waals surface area (Å²) in [5.41, 5.74) is 1.70. The molecule has 0 aliphatic heterocycles. The van der Waals surface area contributed by atoms with Crippen molar-refractivity contribution in [3.63, 3.8) is 0 Å². The number of esters is 1. The van der Waals surface area contributed by atoms with Crippen molar-refractivity contribution in [3.8, 4) is 17.3 Å². The zero-order chi connectivity index (χ0) is 26.3. The minimum Gasteiger partial charge on any atom is -0.462 e. The molecular formula is C24H27N7O5. The minimum atomic E-state index is -0.510. The number of hydrogen-bond acceptors (Lipinski definition) is 11. The second kappa shape index (κ2) is 14.6. The first-order valence-corrected chi connectivity index (χ1v) is 11.1. The van der Waals surface area contributed by atoms with Gasteiger partial charge in [0.25, 0.3) is 5.69 Å². The lowest BCUT2D eigenvalue weighted by Crippen LogP contribution is -2.17. The van der Waals surface area contributed by atoms with Crippen LogP contribution >= 0.6 is 0 Å². The molecule has 3 rings (SSSR count). The normalized spacial score (nSPS) is 9.83. The number of ether oxygens (including phenoxy) is 1. The summed E-state index contributed by atoms with van der Waals surface area (Å²) in [4.78, 5) is 35.5. The van der Waals surface area contributed by atoms with Gasteiger partial charge in [0.1, 0.15) is 17.6 Å². The Hall–Kier alpha value is -4.63. The van der Waals surface area contributed by atoms with Crippen LogP contribution in [0.5, 0.6) is 0 Å². The van der Waals surface area contributed by atoms with Crippen molar-refractivity contribution in [1.82, 2.24) is 15.0 Å². The van der Waals surface area contributed by atoms with Crippen LogP contribution in [0.1, 0.15) is 35.7 Å². The predicted octanol–water partition coefficient (Wildman–Crippen LogP) is 3.41. The molecule has 0 fully saturated rings. The van der Waals surface area contributed by atoms with Crippen molar-refractivity contribution in [1.29, 1.82) is 5.26 Å². The van der Waals surface area contributed by atoms with Crippen LogP contribution in [-0.4, -0.2) is 57.8 Å². The molecule has 2 heterocycles. The molecule has 2 aromatic heterocycles. The number of carbonyl (C=O) groups excluding carboxylic acids is 1. The molecule has 1 aromatic carbocycles. The summed E-state index contributed by atoms with van der Waals surface area (Å²) in [5, 5.41) is 32.9. The van der Waals surface area contributed by atoms with Crippen molar-refractivity contribution in [2.24, 2.45) is 0 Å². The van der Waals surface area contributed by atoms with Gasteiger partial charge < -0.3 is 20.5 Å². The highest BCUT2D eigenvalue weighted by Crippen LogP contribution is 2.24. The molecule has 3 aromatic rings. The van der Waals surface area contributed by atoms with Crippen LogP contribution in [0.25, 0.3) is 11.3 Å². The van der Waals surface area contributed by atoms with Gasteiger partial charge in [-0.3, -0.25) is 10.1 Å². The Morgan fingerprint density at radius 1 is 1.11 bits per heavy atom. The van der Waals surface area contributed by atoms with Gasteiger partial charge >= 0.3 is 5.97 Å². The van der Waals surface area contributed by atoms with Crippen LogP contribution < -0.4 is 10.6 Å². The van der Waals surface area contributed by atoms with Gasteiger partial charge in [-0.05, 0) is 24.6 Å². The van der Waals surface area contributed by atoms with Crippen LogP contribution in [0.15, 0.2) is 48.8 Å². The van der Waals surface area contributed by atoms with E-state index in [1.165, 1.54) is 24.5 Å². The minimum absolute atomic E-state index is 0.0827. The summed E-state index contributed by atoms with van der Waals surface area (Å²) in [6, 6.07) is 11.7. The molecule has 0 atom stereocenters. The fraction of sp³-hybridized carbons (Fsp3) is 0.292. The molecule has 0 saturated carbocycles. The molecule has 0 radical (unpaired) electrons. The zero-order valence-corrected chi connectivity index (χ0v) is 20.0. The van der Waals surface area contributed by atoms with E-state index in [4.69, 9.17) is 15.1 Å². The summed E-state index contributed by atoms with van der Waals surface area (Å²) in [6.07, 6.45) is 4.26. The maximum Gasteiger partial charge on any atom is 0.341 e. The maximum atomic E-state index is 12.6. The number of anilines is 2. The van der Waals surface area contributed by atoms with Crippen LogP contribution in [0.2, 0.25) is 0 Å². The Morgan fingerprint density at radius 2 is 1.83 bits per heavy atom. The summed E-state index contributed by atoms with van der Waals surface area (Å²) in [6.45, 7) is 3.18. The third-order valence-corrected chi connectivity index (χ3v) is 4.70. The van der Waals surface area contributed by atoms with E-state index >= 15 is 0 Å². The zero-order valence-electron chi connectivity index (χ0n) is 20.0. The maximum absolute atomic E-state index is 12.6. The molecule has 0 aliphatic carbocycles. The van der Waals surface area contributed by atoms with Crippen molar-refractivity contribution in [2.45, 2.75) is 19.8 Å². The van der Waals surface area contributed by atoms with Crippen molar-refractivity contribution >= 4 is 23.4 Å². The Balaban J connectivity index is 0.00000222. The van der Waals surface area contributed by atoms with Gasteiger partial charge in [-0.2, -0.15) is 5.26 Å². The number of nitro groups is 1. The van der Waals surface area contributed by atoms with E-state index in [2.05, 4.69) is 31.7 Å². The number of hydrogen-bond donors (Lipinski definition) is 3. The summed E-state index contributed by atoms with van der Waals surface area (Å²) in [7, 11) is 1.00. The van der Waals surface area contributed by atoms with E-state index in [0.29, 0.717) is 48.3 Å². The third-order valence-electron chi connectivity index (χ3n) is 4.70. The lowest BCUT2D eigenvalue weighted by molar-refractivity contribution is -0.385. The third kappa shape index (κ3) is 8.00. The number of unbranched alkanes of at least 4 members (excludes halogenated alkanes) is 1. The van der Waals surface area contributed by atoms with Gasteiger partial charge in [0.2, 0.25) is 5.95 Å². The Bertz CT molecular complexity index is 1180. The van der Waals surface area contributed by atoms with Crippen LogP contribution in [0.3, 0.4) is 0 Å². The van der Waals surface area contributed by atoms with Gasteiger partial charge in [0, 0.05) is 38.0 Å². The largest absolute Gasteiger partial charge is 0.462 e.